The van der Waals surface area contributed by atoms with Gasteiger partial charge in [0.15, 0.2) is 5.82 Å². The van der Waals surface area contributed by atoms with Crippen LogP contribution in [0, 0.1) is 0 Å². The summed E-state index contributed by atoms with van der Waals surface area (Å²) in [6.45, 7) is 6.46. The van der Waals surface area contributed by atoms with Gasteiger partial charge in [0.1, 0.15) is 0 Å². The first kappa shape index (κ1) is 19.1. The highest BCUT2D eigenvalue weighted by Gasteiger charge is 2.14. The summed E-state index contributed by atoms with van der Waals surface area (Å²) in [5.41, 5.74) is 4.45. The van der Waals surface area contributed by atoms with Crippen molar-refractivity contribution in [2.24, 2.45) is 0 Å². The number of aromatic nitrogens is 3. The average Bonchev–Trinajstić information content (AvgIpc) is 2.76. The van der Waals surface area contributed by atoms with Gasteiger partial charge in [-0.05, 0) is 49.4 Å². The third-order valence-corrected chi connectivity index (χ3v) is 5.21. The normalized spacial score (nSPS) is 14.6. The summed E-state index contributed by atoms with van der Waals surface area (Å²) < 4.78 is 0. The van der Waals surface area contributed by atoms with Crippen molar-refractivity contribution < 1.29 is 0 Å². The number of nitrogens with zero attached hydrogens (tertiary/aromatic N) is 5. The first-order valence-electron chi connectivity index (χ1n) is 10.1. The molecule has 0 unspecified atom stereocenters. The molecule has 1 saturated heterocycles. The predicted molar refractivity (Wildman–Crippen MR) is 118 cm³/mol. The molecular formula is C22H27N7. The maximum atomic E-state index is 4.55. The number of hydrogen-bond acceptors (Lipinski definition) is 7. The Kier molecular flexibility index (Phi) is 5.86. The van der Waals surface area contributed by atoms with Crippen molar-refractivity contribution in [2.75, 3.05) is 48.8 Å². The van der Waals surface area contributed by atoms with Gasteiger partial charge in [0.2, 0.25) is 5.95 Å². The quantitative estimate of drug-likeness (QED) is 0.666. The summed E-state index contributed by atoms with van der Waals surface area (Å²) in [4.78, 5) is 9.33. The van der Waals surface area contributed by atoms with Gasteiger partial charge in [-0.25, -0.2) is 0 Å². The molecule has 0 bridgehead atoms. The number of aryl methyl sites for hydroxylation is 1. The van der Waals surface area contributed by atoms with Crippen LogP contribution in [0.5, 0.6) is 0 Å². The zero-order valence-electron chi connectivity index (χ0n) is 17.0. The zero-order valence-corrected chi connectivity index (χ0v) is 17.0. The Morgan fingerprint density at radius 2 is 1.69 bits per heavy atom. The van der Waals surface area contributed by atoms with E-state index in [9.17, 15) is 0 Å². The Hall–Kier alpha value is -3.19. The molecule has 29 heavy (non-hydrogen) atoms. The fourth-order valence-corrected chi connectivity index (χ4v) is 3.46. The molecule has 3 aromatic rings. The number of nitrogens with one attached hydrogen (secondary N) is 2. The minimum Gasteiger partial charge on any atom is -0.369 e. The lowest BCUT2D eigenvalue weighted by molar-refractivity contribution is 0.313. The van der Waals surface area contributed by atoms with E-state index in [1.807, 2.05) is 18.2 Å². The van der Waals surface area contributed by atoms with Crippen molar-refractivity contribution in [1.82, 2.24) is 20.1 Å². The second kappa shape index (κ2) is 8.87. The molecule has 2 N–H and O–H groups in total. The standard InChI is InChI=1S/C22H27N7/c1-3-17-6-4-5-7-20(17)25-22-26-21(16-23-27-22)24-18-8-10-19(11-9-18)29-14-12-28(2)13-15-29/h4-11,16H,3,12-15H2,1-2H3,(H2,24,25,26,27). The van der Waals surface area contributed by atoms with Crippen LogP contribution >= 0.6 is 0 Å². The number of benzene rings is 2. The van der Waals surface area contributed by atoms with Crippen LogP contribution in [0.25, 0.3) is 0 Å². The molecule has 4 rings (SSSR count). The summed E-state index contributed by atoms with van der Waals surface area (Å²) in [5.74, 6) is 1.13. The Bertz CT molecular complexity index is 934. The molecule has 7 nitrogen and oxygen atoms in total. The lowest BCUT2D eigenvalue weighted by atomic mass is 10.1. The minimum atomic E-state index is 0.477. The third kappa shape index (κ3) is 4.81. The first-order valence-corrected chi connectivity index (χ1v) is 10.1. The average molecular weight is 390 g/mol. The van der Waals surface area contributed by atoms with Gasteiger partial charge in [-0.15, -0.1) is 5.10 Å². The summed E-state index contributed by atoms with van der Waals surface area (Å²) in [7, 11) is 2.17. The van der Waals surface area contributed by atoms with Gasteiger partial charge in [-0.1, -0.05) is 25.1 Å². The van der Waals surface area contributed by atoms with E-state index in [1.54, 1.807) is 6.20 Å². The highest BCUT2D eigenvalue weighted by atomic mass is 15.3. The Morgan fingerprint density at radius 1 is 0.931 bits per heavy atom. The maximum Gasteiger partial charge on any atom is 0.249 e. The van der Waals surface area contributed by atoms with E-state index in [1.165, 1.54) is 11.3 Å². The van der Waals surface area contributed by atoms with Crippen LogP contribution in [0.4, 0.5) is 28.8 Å². The lowest BCUT2D eigenvalue weighted by Gasteiger charge is -2.34. The number of rotatable bonds is 6. The molecule has 0 radical (unpaired) electrons. The molecule has 0 atom stereocenters. The molecule has 2 heterocycles. The van der Waals surface area contributed by atoms with E-state index in [2.05, 4.69) is 79.9 Å². The molecule has 1 aromatic heterocycles. The molecule has 0 aliphatic carbocycles. The van der Waals surface area contributed by atoms with E-state index in [-0.39, 0.29) is 0 Å². The molecule has 0 saturated carbocycles. The van der Waals surface area contributed by atoms with Crippen LogP contribution in [0.15, 0.2) is 54.7 Å². The number of anilines is 5. The van der Waals surface area contributed by atoms with Gasteiger partial charge < -0.3 is 20.4 Å². The highest BCUT2D eigenvalue weighted by Crippen LogP contribution is 2.23. The Morgan fingerprint density at radius 3 is 2.45 bits per heavy atom. The molecule has 0 amide bonds. The van der Waals surface area contributed by atoms with Crippen LogP contribution in [0.3, 0.4) is 0 Å². The van der Waals surface area contributed by atoms with Crippen LogP contribution < -0.4 is 15.5 Å². The molecule has 1 fully saturated rings. The van der Waals surface area contributed by atoms with Gasteiger partial charge >= 0.3 is 0 Å². The number of likely N-dealkylation sites (N-methyl/N-ethyl adjacent to an activating group) is 1. The van der Waals surface area contributed by atoms with E-state index in [4.69, 9.17) is 0 Å². The van der Waals surface area contributed by atoms with Gasteiger partial charge in [0, 0.05) is 43.2 Å². The number of hydrogen-bond donors (Lipinski definition) is 2. The van der Waals surface area contributed by atoms with E-state index >= 15 is 0 Å². The Labute approximate surface area is 171 Å². The first-order chi connectivity index (χ1) is 14.2. The molecule has 2 aromatic carbocycles. The summed E-state index contributed by atoms with van der Waals surface area (Å²) in [6, 6.07) is 16.6. The minimum absolute atomic E-state index is 0.477. The fraction of sp³-hybridized carbons (Fsp3) is 0.318. The highest BCUT2D eigenvalue weighted by molar-refractivity contribution is 5.63. The zero-order chi connectivity index (χ0) is 20.1. The van der Waals surface area contributed by atoms with Gasteiger partial charge in [-0.3, -0.25) is 0 Å². The summed E-state index contributed by atoms with van der Waals surface area (Å²) in [5, 5.41) is 14.8. The molecule has 1 aliphatic heterocycles. The van der Waals surface area contributed by atoms with Crippen LogP contribution in [0.1, 0.15) is 12.5 Å². The summed E-state index contributed by atoms with van der Waals surface area (Å²) >= 11 is 0. The topological polar surface area (TPSA) is 69.2 Å². The van der Waals surface area contributed by atoms with Crippen molar-refractivity contribution in [3.05, 3.63) is 60.3 Å². The monoisotopic (exact) mass is 389 g/mol. The van der Waals surface area contributed by atoms with Crippen molar-refractivity contribution in [3.63, 3.8) is 0 Å². The number of piperazine rings is 1. The van der Waals surface area contributed by atoms with E-state index < -0.39 is 0 Å². The van der Waals surface area contributed by atoms with Crippen molar-refractivity contribution in [1.29, 1.82) is 0 Å². The molecule has 0 spiro atoms. The molecule has 150 valence electrons. The second-order valence-electron chi connectivity index (χ2n) is 7.26. The van der Waals surface area contributed by atoms with Crippen molar-refractivity contribution in [2.45, 2.75) is 13.3 Å². The van der Waals surface area contributed by atoms with Crippen molar-refractivity contribution in [3.8, 4) is 0 Å². The van der Waals surface area contributed by atoms with Gasteiger partial charge in [-0.2, -0.15) is 10.1 Å². The van der Waals surface area contributed by atoms with Crippen LogP contribution in [-0.2, 0) is 6.42 Å². The molecule has 1 aliphatic rings. The van der Waals surface area contributed by atoms with E-state index in [0.29, 0.717) is 11.8 Å². The van der Waals surface area contributed by atoms with Gasteiger partial charge in [0.25, 0.3) is 0 Å². The smallest absolute Gasteiger partial charge is 0.249 e. The lowest BCUT2D eigenvalue weighted by Crippen LogP contribution is -2.44. The largest absolute Gasteiger partial charge is 0.369 e. The van der Waals surface area contributed by atoms with E-state index in [0.717, 1.165) is 44.0 Å². The Balaban J connectivity index is 1.42. The SMILES string of the molecule is CCc1ccccc1Nc1nncc(Nc2ccc(N3CCN(C)CC3)cc2)n1. The molecule has 7 heteroatoms. The van der Waals surface area contributed by atoms with Crippen LogP contribution in [0.2, 0.25) is 0 Å². The van der Waals surface area contributed by atoms with Crippen LogP contribution in [-0.4, -0.2) is 53.3 Å². The molecular weight excluding hydrogens is 362 g/mol. The summed E-state index contributed by atoms with van der Waals surface area (Å²) in [6.07, 6.45) is 2.57. The number of para-hydroxylation sites is 1. The fourth-order valence-electron chi connectivity index (χ4n) is 3.46. The predicted octanol–water partition coefficient (Wildman–Crippen LogP) is 3.67. The third-order valence-electron chi connectivity index (χ3n) is 5.21. The maximum absolute atomic E-state index is 4.55. The van der Waals surface area contributed by atoms with Gasteiger partial charge in [0.05, 0.1) is 6.20 Å². The van der Waals surface area contributed by atoms with Crippen molar-refractivity contribution >= 4 is 28.8 Å². The second-order valence-corrected chi connectivity index (χ2v) is 7.26.